The Bertz CT molecular complexity index is 292. The van der Waals surface area contributed by atoms with E-state index in [9.17, 15) is 0 Å². The van der Waals surface area contributed by atoms with E-state index >= 15 is 0 Å². The van der Waals surface area contributed by atoms with Gasteiger partial charge in [-0.05, 0) is 71.6 Å². The molecule has 0 bridgehead atoms. The summed E-state index contributed by atoms with van der Waals surface area (Å²) >= 11 is 0. The van der Waals surface area contributed by atoms with Crippen LogP contribution < -0.4 is 5.32 Å². The standard InChI is InChI=1S/C18H37N3/c1-5-7-15-9-10-18(19-2)16(12-15)13-21-11-6-8-17(14-21)20(3)4/h15-19H,5-14H2,1-4H3. The van der Waals surface area contributed by atoms with Crippen LogP contribution >= 0.6 is 0 Å². The maximum atomic E-state index is 3.60. The lowest BCUT2D eigenvalue weighted by Crippen LogP contribution is -2.50. The van der Waals surface area contributed by atoms with Gasteiger partial charge in [-0.3, -0.25) is 0 Å². The van der Waals surface area contributed by atoms with Crippen molar-refractivity contribution in [2.24, 2.45) is 11.8 Å². The van der Waals surface area contributed by atoms with Crippen LogP contribution in [0, 0.1) is 11.8 Å². The average Bonchev–Trinajstić information content (AvgIpc) is 2.48. The van der Waals surface area contributed by atoms with E-state index in [4.69, 9.17) is 0 Å². The number of nitrogens with zero attached hydrogens (tertiary/aromatic N) is 2. The fourth-order valence-corrected chi connectivity index (χ4v) is 4.56. The van der Waals surface area contributed by atoms with Crippen molar-refractivity contribution < 1.29 is 0 Å². The summed E-state index contributed by atoms with van der Waals surface area (Å²) in [5, 5.41) is 3.60. The summed E-state index contributed by atoms with van der Waals surface area (Å²) in [6.45, 7) is 6.25. The average molecular weight is 296 g/mol. The summed E-state index contributed by atoms with van der Waals surface area (Å²) < 4.78 is 0. The van der Waals surface area contributed by atoms with Crippen molar-refractivity contribution in [1.29, 1.82) is 0 Å². The molecular formula is C18H37N3. The zero-order chi connectivity index (χ0) is 15.2. The molecule has 2 fully saturated rings. The number of rotatable bonds is 6. The minimum atomic E-state index is 0.748. The van der Waals surface area contributed by atoms with Crippen LogP contribution in [0.3, 0.4) is 0 Å². The highest BCUT2D eigenvalue weighted by Crippen LogP contribution is 2.33. The van der Waals surface area contributed by atoms with E-state index in [1.165, 1.54) is 64.6 Å². The fraction of sp³-hybridized carbons (Fsp3) is 1.00. The van der Waals surface area contributed by atoms with Gasteiger partial charge in [0.2, 0.25) is 0 Å². The zero-order valence-corrected chi connectivity index (χ0v) is 14.8. The van der Waals surface area contributed by atoms with Crippen LogP contribution in [0.2, 0.25) is 0 Å². The Morgan fingerprint density at radius 3 is 2.67 bits per heavy atom. The van der Waals surface area contributed by atoms with Gasteiger partial charge in [-0.25, -0.2) is 0 Å². The number of likely N-dealkylation sites (N-methyl/N-ethyl adjacent to an activating group) is 1. The molecule has 1 aliphatic carbocycles. The van der Waals surface area contributed by atoms with Crippen molar-refractivity contribution in [2.45, 2.75) is 64.0 Å². The van der Waals surface area contributed by atoms with Gasteiger partial charge < -0.3 is 15.1 Å². The predicted molar refractivity (Wildman–Crippen MR) is 91.7 cm³/mol. The van der Waals surface area contributed by atoms with E-state index in [2.05, 4.69) is 43.2 Å². The van der Waals surface area contributed by atoms with Gasteiger partial charge >= 0.3 is 0 Å². The molecule has 21 heavy (non-hydrogen) atoms. The first-order valence-corrected chi connectivity index (χ1v) is 9.20. The van der Waals surface area contributed by atoms with Crippen LogP contribution in [0.25, 0.3) is 0 Å². The molecule has 3 heteroatoms. The van der Waals surface area contributed by atoms with Crippen LogP contribution in [0.15, 0.2) is 0 Å². The van der Waals surface area contributed by atoms with E-state index in [0.717, 1.165) is 23.9 Å². The monoisotopic (exact) mass is 295 g/mol. The van der Waals surface area contributed by atoms with Crippen LogP contribution in [0.1, 0.15) is 51.9 Å². The molecule has 1 heterocycles. The molecule has 1 saturated heterocycles. The first-order chi connectivity index (χ1) is 10.1. The van der Waals surface area contributed by atoms with Gasteiger partial charge in [0, 0.05) is 25.2 Å². The Kier molecular flexibility index (Phi) is 6.97. The SMILES string of the molecule is CCCC1CCC(NC)C(CN2CCCC(N(C)C)C2)C1. The topological polar surface area (TPSA) is 18.5 Å². The maximum Gasteiger partial charge on any atom is 0.0217 e. The molecule has 0 radical (unpaired) electrons. The van der Waals surface area contributed by atoms with Gasteiger partial charge in [0.1, 0.15) is 0 Å². The van der Waals surface area contributed by atoms with Crippen LogP contribution in [-0.4, -0.2) is 62.7 Å². The Labute approximate surface area is 132 Å². The summed E-state index contributed by atoms with van der Waals surface area (Å²) in [6, 6.07) is 1.51. The molecule has 0 aromatic rings. The fourth-order valence-electron chi connectivity index (χ4n) is 4.56. The quantitative estimate of drug-likeness (QED) is 0.813. The molecule has 4 atom stereocenters. The van der Waals surface area contributed by atoms with E-state index < -0.39 is 0 Å². The minimum absolute atomic E-state index is 0.748. The highest BCUT2D eigenvalue weighted by atomic mass is 15.2. The van der Waals surface area contributed by atoms with Gasteiger partial charge in [0.15, 0.2) is 0 Å². The molecule has 0 amide bonds. The van der Waals surface area contributed by atoms with Crippen molar-refractivity contribution >= 4 is 0 Å². The molecular weight excluding hydrogens is 258 g/mol. The molecule has 0 aromatic carbocycles. The lowest BCUT2D eigenvalue weighted by Gasteiger charge is -2.42. The number of hydrogen-bond acceptors (Lipinski definition) is 3. The van der Waals surface area contributed by atoms with Crippen molar-refractivity contribution in [3.8, 4) is 0 Å². The number of piperidine rings is 1. The number of hydrogen-bond donors (Lipinski definition) is 1. The highest BCUT2D eigenvalue weighted by molar-refractivity contribution is 4.88. The largest absolute Gasteiger partial charge is 0.317 e. The highest BCUT2D eigenvalue weighted by Gasteiger charge is 2.32. The van der Waals surface area contributed by atoms with Crippen LogP contribution in [-0.2, 0) is 0 Å². The molecule has 4 unspecified atom stereocenters. The number of nitrogens with one attached hydrogen (secondary N) is 1. The minimum Gasteiger partial charge on any atom is -0.317 e. The van der Waals surface area contributed by atoms with E-state index in [1.807, 2.05) is 0 Å². The second kappa shape index (κ2) is 8.50. The Hall–Kier alpha value is -0.120. The molecule has 0 spiro atoms. The van der Waals surface area contributed by atoms with Crippen molar-refractivity contribution in [3.63, 3.8) is 0 Å². The van der Waals surface area contributed by atoms with E-state index in [0.29, 0.717) is 0 Å². The van der Waals surface area contributed by atoms with Crippen molar-refractivity contribution in [1.82, 2.24) is 15.1 Å². The van der Waals surface area contributed by atoms with Crippen molar-refractivity contribution in [2.75, 3.05) is 40.8 Å². The third-order valence-electron chi connectivity index (χ3n) is 5.86. The smallest absolute Gasteiger partial charge is 0.0217 e. The van der Waals surface area contributed by atoms with E-state index in [1.54, 1.807) is 0 Å². The molecule has 0 aromatic heterocycles. The van der Waals surface area contributed by atoms with Crippen LogP contribution in [0.4, 0.5) is 0 Å². The Balaban J connectivity index is 1.88. The third-order valence-corrected chi connectivity index (χ3v) is 5.86. The molecule has 2 rings (SSSR count). The molecule has 124 valence electrons. The molecule has 3 nitrogen and oxygen atoms in total. The summed E-state index contributed by atoms with van der Waals surface area (Å²) in [6.07, 6.45) is 9.82. The first kappa shape index (κ1) is 17.2. The Morgan fingerprint density at radius 2 is 2.00 bits per heavy atom. The third kappa shape index (κ3) is 4.94. The van der Waals surface area contributed by atoms with Gasteiger partial charge in [-0.15, -0.1) is 0 Å². The van der Waals surface area contributed by atoms with Crippen LogP contribution in [0.5, 0.6) is 0 Å². The second-order valence-electron chi connectivity index (χ2n) is 7.64. The summed E-state index contributed by atoms with van der Waals surface area (Å²) in [4.78, 5) is 5.17. The van der Waals surface area contributed by atoms with Gasteiger partial charge in [-0.2, -0.15) is 0 Å². The Morgan fingerprint density at radius 1 is 1.19 bits per heavy atom. The summed E-state index contributed by atoms with van der Waals surface area (Å²) in [5.41, 5.74) is 0. The van der Waals surface area contributed by atoms with Gasteiger partial charge in [0.05, 0.1) is 0 Å². The maximum absolute atomic E-state index is 3.60. The normalized spacial score (nSPS) is 35.3. The summed E-state index contributed by atoms with van der Waals surface area (Å²) in [7, 11) is 6.64. The summed E-state index contributed by atoms with van der Waals surface area (Å²) in [5.74, 6) is 1.85. The second-order valence-corrected chi connectivity index (χ2v) is 7.64. The lowest BCUT2D eigenvalue weighted by atomic mass is 9.76. The first-order valence-electron chi connectivity index (χ1n) is 9.20. The molecule has 2 aliphatic rings. The van der Waals surface area contributed by atoms with Gasteiger partial charge in [0.25, 0.3) is 0 Å². The predicted octanol–water partition coefficient (Wildman–Crippen LogP) is 2.82. The molecule has 1 aliphatic heterocycles. The zero-order valence-electron chi connectivity index (χ0n) is 14.8. The lowest BCUT2D eigenvalue weighted by molar-refractivity contribution is 0.0888. The molecule has 1 saturated carbocycles. The number of likely N-dealkylation sites (tertiary alicyclic amines) is 1. The van der Waals surface area contributed by atoms with E-state index in [-0.39, 0.29) is 0 Å². The van der Waals surface area contributed by atoms with Gasteiger partial charge in [-0.1, -0.05) is 19.8 Å². The molecule has 1 N–H and O–H groups in total. The van der Waals surface area contributed by atoms with Crippen molar-refractivity contribution in [3.05, 3.63) is 0 Å².